The molecule has 0 unspecified atom stereocenters. The highest BCUT2D eigenvalue weighted by Gasteiger charge is 2.27. The first-order chi connectivity index (χ1) is 16.7. The molecule has 0 bridgehead atoms. The van der Waals surface area contributed by atoms with E-state index >= 15 is 0 Å². The van der Waals surface area contributed by atoms with E-state index in [1.165, 1.54) is 36.1 Å². The van der Waals surface area contributed by atoms with Crippen LogP contribution in [0.2, 0.25) is 0 Å². The summed E-state index contributed by atoms with van der Waals surface area (Å²) in [5.41, 5.74) is 7.75. The Morgan fingerprint density at radius 2 is 2.00 bits per heavy atom. The van der Waals surface area contributed by atoms with Crippen molar-refractivity contribution in [2.75, 3.05) is 18.1 Å². The van der Waals surface area contributed by atoms with Crippen molar-refractivity contribution in [3.63, 3.8) is 0 Å². The van der Waals surface area contributed by atoms with Gasteiger partial charge in [-0.1, -0.05) is 13.0 Å². The van der Waals surface area contributed by atoms with Gasteiger partial charge in [0, 0.05) is 41.0 Å². The van der Waals surface area contributed by atoms with Crippen molar-refractivity contribution in [2.24, 2.45) is 5.92 Å². The van der Waals surface area contributed by atoms with Crippen LogP contribution in [0.25, 0.3) is 22.3 Å². The number of fused-ring (bicyclic) bond motifs is 3. The van der Waals surface area contributed by atoms with Gasteiger partial charge in [0.2, 0.25) is 0 Å². The molecule has 7 nitrogen and oxygen atoms in total. The third-order valence-corrected chi connectivity index (χ3v) is 7.43. The Hall–Kier alpha value is -3.48. The van der Waals surface area contributed by atoms with Crippen molar-refractivity contribution in [2.45, 2.75) is 51.5 Å². The number of nitrogens with zero attached hydrogens (tertiary/aromatic N) is 5. The van der Waals surface area contributed by atoms with E-state index in [1.807, 2.05) is 6.20 Å². The fraction of sp³-hybridized carbons (Fsp3) is 0.407. The number of hydrogen-bond donors (Lipinski definition) is 1. The molecule has 4 heterocycles. The summed E-state index contributed by atoms with van der Waals surface area (Å²) in [6.07, 6.45) is 9.40. The zero-order chi connectivity index (χ0) is 22.6. The molecule has 1 N–H and O–H groups in total. The number of rotatable bonds is 3. The van der Waals surface area contributed by atoms with Crippen LogP contribution in [0, 0.1) is 5.92 Å². The summed E-state index contributed by atoms with van der Waals surface area (Å²) in [5, 5.41) is 0. The number of aromatic nitrogens is 5. The lowest BCUT2D eigenvalue weighted by Gasteiger charge is -2.28. The second-order valence-corrected chi connectivity index (χ2v) is 10.1. The Morgan fingerprint density at radius 1 is 1.06 bits per heavy atom. The van der Waals surface area contributed by atoms with E-state index in [9.17, 15) is 0 Å². The quantitative estimate of drug-likeness (QED) is 0.480. The van der Waals surface area contributed by atoms with Gasteiger partial charge in [-0.3, -0.25) is 0 Å². The number of H-pyrrole nitrogens is 1. The van der Waals surface area contributed by atoms with Crippen molar-refractivity contribution < 1.29 is 4.74 Å². The van der Waals surface area contributed by atoms with Crippen molar-refractivity contribution in [3.8, 4) is 16.9 Å². The SMILES string of the molecule is C[C@H]1CCc2c(ncnc2N2CCOc3ccc(-c4cnc5nc(C6CC6)[nH]c5c4)cc3C2)C1. The topological polar surface area (TPSA) is 79.8 Å². The minimum absolute atomic E-state index is 0.587. The van der Waals surface area contributed by atoms with Crippen LogP contribution < -0.4 is 9.64 Å². The molecule has 0 radical (unpaired) electrons. The summed E-state index contributed by atoms with van der Waals surface area (Å²) in [4.78, 5) is 24.5. The minimum atomic E-state index is 0.587. The zero-order valence-corrected chi connectivity index (χ0v) is 19.4. The number of anilines is 1. The molecule has 3 aliphatic rings. The summed E-state index contributed by atoms with van der Waals surface area (Å²) in [6, 6.07) is 8.63. The van der Waals surface area contributed by atoms with E-state index in [1.54, 1.807) is 6.33 Å². The third kappa shape index (κ3) is 3.50. The number of pyridine rings is 1. The van der Waals surface area contributed by atoms with E-state index in [0.717, 1.165) is 65.6 Å². The van der Waals surface area contributed by atoms with E-state index in [2.05, 4.69) is 56.0 Å². The Labute approximate surface area is 198 Å². The third-order valence-electron chi connectivity index (χ3n) is 7.43. The minimum Gasteiger partial charge on any atom is -0.491 e. The number of hydrogen-bond acceptors (Lipinski definition) is 6. The maximum absolute atomic E-state index is 6.14. The fourth-order valence-corrected chi connectivity index (χ4v) is 5.35. The molecule has 34 heavy (non-hydrogen) atoms. The largest absolute Gasteiger partial charge is 0.491 e. The van der Waals surface area contributed by atoms with Crippen LogP contribution in [-0.2, 0) is 19.4 Å². The van der Waals surface area contributed by atoms with Crippen LogP contribution in [0.15, 0.2) is 36.8 Å². The maximum atomic E-state index is 6.14. The molecule has 2 aliphatic carbocycles. The molecule has 1 aromatic carbocycles. The molecule has 7 heteroatoms. The Balaban J connectivity index is 1.22. The van der Waals surface area contributed by atoms with Gasteiger partial charge in [-0.05, 0) is 61.8 Å². The monoisotopic (exact) mass is 452 g/mol. The van der Waals surface area contributed by atoms with Gasteiger partial charge in [0.05, 0.1) is 12.1 Å². The molecule has 0 spiro atoms. The second-order valence-electron chi connectivity index (χ2n) is 10.1. The highest BCUT2D eigenvalue weighted by molar-refractivity contribution is 5.78. The standard InChI is InChI=1S/C27H28N6O/c1-16-2-6-21-22(10-16)29-15-30-27(21)33-8-9-34-24-7-5-18(11-20(24)14-33)19-12-23-26(28-13-19)32-25(31-23)17-3-4-17/h5,7,11-13,15-17H,2-4,6,8-10,14H2,1H3,(H,28,31,32)/t16-/m0/s1. The highest BCUT2D eigenvalue weighted by Crippen LogP contribution is 2.39. The van der Waals surface area contributed by atoms with Crippen LogP contribution in [0.3, 0.4) is 0 Å². The van der Waals surface area contributed by atoms with Crippen LogP contribution in [0.4, 0.5) is 5.82 Å². The molecule has 1 atom stereocenters. The first-order valence-electron chi connectivity index (χ1n) is 12.4. The van der Waals surface area contributed by atoms with Crippen molar-refractivity contribution in [3.05, 3.63) is 59.4 Å². The molecule has 0 saturated heterocycles. The maximum Gasteiger partial charge on any atom is 0.177 e. The molecule has 1 saturated carbocycles. The Kier molecular flexibility index (Phi) is 4.57. The van der Waals surface area contributed by atoms with Gasteiger partial charge in [-0.2, -0.15) is 0 Å². The average Bonchev–Trinajstić information content (AvgIpc) is 3.65. The van der Waals surface area contributed by atoms with Gasteiger partial charge in [-0.15, -0.1) is 0 Å². The van der Waals surface area contributed by atoms with Crippen LogP contribution in [0.5, 0.6) is 5.75 Å². The molecular weight excluding hydrogens is 424 g/mol. The fourth-order valence-electron chi connectivity index (χ4n) is 5.35. The van der Waals surface area contributed by atoms with E-state index < -0.39 is 0 Å². The number of aromatic amines is 1. The molecule has 3 aromatic heterocycles. The predicted octanol–water partition coefficient (Wildman–Crippen LogP) is 4.82. The molecule has 4 aromatic rings. The summed E-state index contributed by atoms with van der Waals surface area (Å²) in [6.45, 7) is 4.54. The summed E-state index contributed by atoms with van der Waals surface area (Å²) >= 11 is 0. The number of nitrogens with one attached hydrogen (secondary N) is 1. The van der Waals surface area contributed by atoms with E-state index in [-0.39, 0.29) is 0 Å². The lowest BCUT2D eigenvalue weighted by Crippen LogP contribution is -2.29. The molecular formula is C27H28N6O. The lowest BCUT2D eigenvalue weighted by atomic mass is 9.88. The van der Waals surface area contributed by atoms with E-state index in [4.69, 9.17) is 9.72 Å². The lowest BCUT2D eigenvalue weighted by molar-refractivity contribution is 0.331. The highest BCUT2D eigenvalue weighted by atomic mass is 16.5. The molecule has 1 aliphatic heterocycles. The number of ether oxygens (including phenoxy) is 1. The summed E-state index contributed by atoms with van der Waals surface area (Å²) < 4.78 is 6.14. The smallest absolute Gasteiger partial charge is 0.177 e. The van der Waals surface area contributed by atoms with E-state index in [0.29, 0.717) is 18.4 Å². The van der Waals surface area contributed by atoms with Crippen LogP contribution in [-0.4, -0.2) is 38.1 Å². The first-order valence-corrected chi connectivity index (χ1v) is 12.4. The normalized spacial score (nSPS) is 19.9. The van der Waals surface area contributed by atoms with Gasteiger partial charge in [-0.25, -0.2) is 19.9 Å². The number of imidazole rings is 1. The zero-order valence-electron chi connectivity index (χ0n) is 19.4. The molecule has 0 amide bonds. The van der Waals surface area contributed by atoms with Crippen molar-refractivity contribution >= 4 is 17.0 Å². The van der Waals surface area contributed by atoms with Crippen molar-refractivity contribution in [1.29, 1.82) is 0 Å². The average molecular weight is 453 g/mol. The first kappa shape index (κ1) is 19.9. The van der Waals surface area contributed by atoms with Crippen LogP contribution >= 0.6 is 0 Å². The predicted molar refractivity (Wildman–Crippen MR) is 131 cm³/mol. The second kappa shape index (κ2) is 7.79. The van der Waals surface area contributed by atoms with Gasteiger partial charge < -0.3 is 14.6 Å². The Morgan fingerprint density at radius 3 is 2.91 bits per heavy atom. The summed E-state index contributed by atoms with van der Waals surface area (Å²) in [7, 11) is 0. The number of benzene rings is 1. The van der Waals surface area contributed by atoms with Crippen molar-refractivity contribution in [1.82, 2.24) is 24.9 Å². The summed E-state index contributed by atoms with van der Waals surface area (Å²) in [5.74, 6) is 4.38. The van der Waals surface area contributed by atoms with Gasteiger partial charge in [0.25, 0.3) is 0 Å². The molecule has 7 rings (SSSR count). The molecule has 1 fully saturated rings. The van der Waals surface area contributed by atoms with Gasteiger partial charge >= 0.3 is 0 Å². The Bertz CT molecular complexity index is 1390. The van der Waals surface area contributed by atoms with Gasteiger partial charge in [0.1, 0.15) is 30.3 Å². The molecule has 172 valence electrons. The van der Waals surface area contributed by atoms with Crippen LogP contribution in [0.1, 0.15) is 54.7 Å². The van der Waals surface area contributed by atoms with Gasteiger partial charge in [0.15, 0.2) is 5.65 Å².